The lowest BCUT2D eigenvalue weighted by molar-refractivity contribution is -0.118. The molecule has 0 aliphatic carbocycles. The van der Waals surface area contributed by atoms with Crippen LogP contribution in [-0.4, -0.2) is 12.5 Å². The van der Waals surface area contributed by atoms with E-state index in [1.807, 2.05) is 37.3 Å². The summed E-state index contributed by atoms with van der Waals surface area (Å²) in [5, 5.41) is 6.36. The summed E-state index contributed by atoms with van der Waals surface area (Å²) < 4.78 is 0. The molecule has 3 rings (SSSR count). The molecular weight excluding hydrogens is 260 g/mol. The molecular formula is C18H20N2O. The van der Waals surface area contributed by atoms with E-state index >= 15 is 0 Å². The van der Waals surface area contributed by atoms with Crippen LogP contribution in [0.2, 0.25) is 0 Å². The van der Waals surface area contributed by atoms with Crippen LogP contribution in [0.15, 0.2) is 42.5 Å². The molecule has 1 atom stereocenters. The standard InChI is InChI=1S/C18H20N2O/c1-12-7-8-16(13(2)11-12)20-18(21)17-15-6-4-3-5-14(15)9-10-19-17/h3-8,11,17,19H,9-10H2,1-2H3,(H,20,21). The molecule has 0 bridgehead atoms. The first-order chi connectivity index (χ1) is 10.1. The Hall–Kier alpha value is -2.13. The van der Waals surface area contributed by atoms with Crippen molar-refractivity contribution in [3.63, 3.8) is 0 Å². The summed E-state index contributed by atoms with van der Waals surface area (Å²) in [6.07, 6.45) is 0.976. The maximum Gasteiger partial charge on any atom is 0.246 e. The fraction of sp³-hybridized carbons (Fsp3) is 0.278. The van der Waals surface area contributed by atoms with E-state index in [1.54, 1.807) is 0 Å². The van der Waals surface area contributed by atoms with E-state index in [4.69, 9.17) is 0 Å². The number of rotatable bonds is 2. The van der Waals surface area contributed by atoms with Gasteiger partial charge in [-0.05, 0) is 43.0 Å². The minimum Gasteiger partial charge on any atom is -0.324 e. The molecule has 0 spiro atoms. The van der Waals surface area contributed by atoms with E-state index in [0.29, 0.717) is 0 Å². The van der Waals surface area contributed by atoms with Crippen LogP contribution in [0, 0.1) is 13.8 Å². The Balaban J connectivity index is 1.83. The Morgan fingerprint density at radius 2 is 2.00 bits per heavy atom. The maximum atomic E-state index is 12.6. The van der Waals surface area contributed by atoms with Gasteiger partial charge in [0.05, 0.1) is 0 Å². The van der Waals surface area contributed by atoms with Crippen molar-refractivity contribution in [2.45, 2.75) is 26.3 Å². The first-order valence-corrected chi connectivity index (χ1v) is 7.34. The average Bonchev–Trinajstić information content (AvgIpc) is 2.49. The molecule has 2 aromatic rings. The van der Waals surface area contributed by atoms with E-state index in [2.05, 4.69) is 29.7 Å². The third-order valence-corrected chi connectivity index (χ3v) is 4.01. The van der Waals surface area contributed by atoms with Crippen LogP contribution in [0.1, 0.15) is 28.3 Å². The lowest BCUT2D eigenvalue weighted by Crippen LogP contribution is -2.38. The van der Waals surface area contributed by atoms with Gasteiger partial charge in [-0.3, -0.25) is 4.79 Å². The SMILES string of the molecule is Cc1ccc(NC(=O)C2NCCc3ccccc32)c(C)c1. The Bertz CT molecular complexity index is 679. The summed E-state index contributed by atoms with van der Waals surface area (Å²) in [4.78, 5) is 12.6. The van der Waals surface area contributed by atoms with Crippen LogP contribution in [0.4, 0.5) is 5.69 Å². The molecule has 2 aromatic carbocycles. The van der Waals surface area contributed by atoms with Crippen LogP contribution >= 0.6 is 0 Å². The molecule has 21 heavy (non-hydrogen) atoms. The van der Waals surface area contributed by atoms with Crippen LogP contribution in [-0.2, 0) is 11.2 Å². The number of fused-ring (bicyclic) bond motifs is 1. The number of nitrogens with one attached hydrogen (secondary N) is 2. The Morgan fingerprint density at radius 3 is 2.81 bits per heavy atom. The summed E-state index contributed by atoms with van der Waals surface area (Å²) in [5.41, 5.74) is 5.53. The molecule has 0 radical (unpaired) electrons. The van der Waals surface area contributed by atoms with Crippen molar-refractivity contribution in [3.8, 4) is 0 Å². The molecule has 3 heteroatoms. The third kappa shape index (κ3) is 2.83. The summed E-state index contributed by atoms with van der Waals surface area (Å²) in [7, 11) is 0. The molecule has 0 fully saturated rings. The van der Waals surface area contributed by atoms with Crippen molar-refractivity contribution in [2.24, 2.45) is 0 Å². The molecule has 1 amide bonds. The number of amides is 1. The van der Waals surface area contributed by atoms with Gasteiger partial charge in [0.2, 0.25) is 5.91 Å². The predicted molar refractivity (Wildman–Crippen MR) is 85.4 cm³/mol. The lowest BCUT2D eigenvalue weighted by atomic mass is 9.94. The molecule has 108 valence electrons. The number of anilines is 1. The highest BCUT2D eigenvalue weighted by Gasteiger charge is 2.25. The minimum atomic E-state index is -0.268. The zero-order valence-corrected chi connectivity index (χ0v) is 12.4. The maximum absolute atomic E-state index is 12.6. The van der Waals surface area contributed by atoms with Gasteiger partial charge < -0.3 is 10.6 Å². The van der Waals surface area contributed by atoms with Crippen LogP contribution in [0.5, 0.6) is 0 Å². The molecule has 0 saturated heterocycles. The lowest BCUT2D eigenvalue weighted by Gasteiger charge is -2.26. The van der Waals surface area contributed by atoms with Crippen molar-refractivity contribution in [1.82, 2.24) is 5.32 Å². The van der Waals surface area contributed by atoms with Gasteiger partial charge in [-0.25, -0.2) is 0 Å². The van der Waals surface area contributed by atoms with E-state index < -0.39 is 0 Å². The number of benzene rings is 2. The Morgan fingerprint density at radius 1 is 1.19 bits per heavy atom. The predicted octanol–water partition coefficient (Wildman–Crippen LogP) is 3.13. The quantitative estimate of drug-likeness (QED) is 0.887. The largest absolute Gasteiger partial charge is 0.324 e. The second kappa shape index (κ2) is 5.70. The van der Waals surface area contributed by atoms with E-state index in [-0.39, 0.29) is 11.9 Å². The number of hydrogen-bond acceptors (Lipinski definition) is 2. The molecule has 1 heterocycles. The zero-order valence-electron chi connectivity index (χ0n) is 12.4. The fourth-order valence-corrected chi connectivity index (χ4v) is 2.90. The average molecular weight is 280 g/mol. The van der Waals surface area contributed by atoms with Crippen molar-refractivity contribution in [3.05, 3.63) is 64.7 Å². The molecule has 1 unspecified atom stereocenters. The van der Waals surface area contributed by atoms with Crippen molar-refractivity contribution < 1.29 is 4.79 Å². The number of carbonyl (C=O) groups excluding carboxylic acids is 1. The van der Waals surface area contributed by atoms with Crippen molar-refractivity contribution in [1.29, 1.82) is 0 Å². The second-order valence-corrected chi connectivity index (χ2v) is 5.64. The molecule has 1 aliphatic heterocycles. The van der Waals surface area contributed by atoms with E-state index in [9.17, 15) is 4.79 Å². The van der Waals surface area contributed by atoms with Gasteiger partial charge >= 0.3 is 0 Å². The van der Waals surface area contributed by atoms with Gasteiger partial charge in [-0.1, -0.05) is 42.0 Å². The van der Waals surface area contributed by atoms with Gasteiger partial charge in [0, 0.05) is 12.2 Å². The number of aryl methyl sites for hydroxylation is 2. The fourth-order valence-electron chi connectivity index (χ4n) is 2.90. The minimum absolute atomic E-state index is 0.00843. The number of hydrogen-bond donors (Lipinski definition) is 2. The highest BCUT2D eigenvalue weighted by Crippen LogP contribution is 2.25. The number of carbonyl (C=O) groups is 1. The third-order valence-electron chi connectivity index (χ3n) is 4.01. The second-order valence-electron chi connectivity index (χ2n) is 5.64. The van der Waals surface area contributed by atoms with Crippen molar-refractivity contribution in [2.75, 3.05) is 11.9 Å². The summed E-state index contributed by atoms with van der Waals surface area (Å²) in [6, 6.07) is 14.0. The Kier molecular flexibility index (Phi) is 3.76. The van der Waals surface area contributed by atoms with Gasteiger partial charge in [0.1, 0.15) is 6.04 Å². The van der Waals surface area contributed by atoms with Crippen LogP contribution < -0.4 is 10.6 Å². The van der Waals surface area contributed by atoms with Crippen LogP contribution in [0.25, 0.3) is 0 Å². The first kappa shape index (κ1) is 13.8. The zero-order chi connectivity index (χ0) is 14.8. The van der Waals surface area contributed by atoms with Gasteiger partial charge in [-0.2, -0.15) is 0 Å². The van der Waals surface area contributed by atoms with Gasteiger partial charge in [0.15, 0.2) is 0 Å². The summed E-state index contributed by atoms with van der Waals surface area (Å²) in [6.45, 7) is 4.91. The summed E-state index contributed by atoms with van der Waals surface area (Å²) >= 11 is 0. The highest BCUT2D eigenvalue weighted by molar-refractivity contribution is 5.96. The Labute approximate surface area is 125 Å². The van der Waals surface area contributed by atoms with E-state index in [0.717, 1.165) is 29.8 Å². The van der Waals surface area contributed by atoms with Gasteiger partial charge in [-0.15, -0.1) is 0 Å². The highest BCUT2D eigenvalue weighted by atomic mass is 16.2. The summed E-state index contributed by atoms with van der Waals surface area (Å²) in [5.74, 6) is 0.00843. The van der Waals surface area contributed by atoms with Crippen molar-refractivity contribution >= 4 is 11.6 Å². The molecule has 0 aromatic heterocycles. The molecule has 0 saturated carbocycles. The van der Waals surface area contributed by atoms with Crippen LogP contribution in [0.3, 0.4) is 0 Å². The molecule has 3 nitrogen and oxygen atoms in total. The monoisotopic (exact) mass is 280 g/mol. The first-order valence-electron chi connectivity index (χ1n) is 7.34. The topological polar surface area (TPSA) is 41.1 Å². The normalized spacial score (nSPS) is 17.1. The van der Waals surface area contributed by atoms with E-state index in [1.165, 1.54) is 11.1 Å². The smallest absolute Gasteiger partial charge is 0.246 e. The molecule has 1 aliphatic rings. The van der Waals surface area contributed by atoms with Gasteiger partial charge in [0.25, 0.3) is 0 Å². The molecule has 2 N–H and O–H groups in total.